The molecule has 1 aliphatic heterocycles. The van der Waals surface area contributed by atoms with E-state index in [1.165, 1.54) is 12.1 Å². The molecule has 6 nitrogen and oxygen atoms in total. The molecule has 0 radical (unpaired) electrons. The van der Waals surface area contributed by atoms with Gasteiger partial charge in [-0.1, -0.05) is 18.2 Å². The van der Waals surface area contributed by atoms with E-state index < -0.39 is 16.1 Å². The molecule has 0 spiro atoms. The van der Waals surface area contributed by atoms with Crippen molar-refractivity contribution < 1.29 is 13.2 Å². The summed E-state index contributed by atoms with van der Waals surface area (Å²) in [7, 11) is -3.84. The van der Waals surface area contributed by atoms with Gasteiger partial charge in [0.25, 0.3) is 0 Å². The molecule has 0 amide bonds. The number of nitrogens with one attached hydrogen (secondary N) is 1. The van der Waals surface area contributed by atoms with Gasteiger partial charge in [0.15, 0.2) is 0 Å². The molecule has 1 aromatic heterocycles. The summed E-state index contributed by atoms with van der Waals surface area (Å²) in [5.41, 5.74) is 0.944. The van der Waals surface area contributed by atoms with E-state index in [-0.39, 0.29) is 16.4 Å². The SMILES string of the molecule is N#Cc1ccccc1S(=O)(=O)N[C@H](c1cccnc1)C1CCOCC1. The van der Waals surface area contributed by atoms with Crippen LogP contribution in [-0.4, -0.2) is 26.6 Å². The topological polar surface area (TPSA) is 92.1 Å². The van der Waals surface area contributed by atoms with Crippen molar-refractivity contribution in [2.45, 2.75) is 23.8 Å². The predicted octanol–water partition coefficient (Wildman–Crippen LogP) is 2.40. The first-order valence-electron chi connectivity index (χ1n) is 8.11. The summed E-state index contributed by atoms with van der Waals surface area (Å²) in [4.78, 5) is 4.12. The first-order valence-corrected chi connectivity index (χ1v) is 9.59. The van der Waals surface area contributed by atoms with Crippen LogP contribution in [0.3, 0.4) is 0 Å². The minimum absolute atomic E-state index is 0.00144. The van der Waals surface area contributed by atoms with Gasteiger partial charge in [-0.05, 0) is 42.5 Å². The molecular weight excluding hydrogens is 338 g/mol. The molecule has 25 heavy (non-hydrogen) atoms. The number of rotatable bonds is 5. The van der Waals surface area contributed by atoms with E-state index in [1.54, 1.807) is 30.6 Å². The van der Waals surface area contributed by atoms with E-state index in [2.05, 4.69) is 9.71 Å². The van der Waals surface area contributed by atoms with Crippen LogP contribution in [-0.2, 0) is 14.8 Å². The molecule has 0 saturated carbocycles. The molecule has 0 bridgehead atoms. The van der Waals surface area contributed by atoms with Crippen molar-refractivity contribution in [3.8, 4) is 6.07 Å². The maximum atomic E-state index is 12.9. The molecule has 1 aliphatic rings. The van der Waals surface area contributed by atoms with Gasteiger partial charge in [0.1, 0.15) is 6.07 Å². The second-order valence-electron chi connectivity index (χ2n) is 5.94. The predicted molar refractivity (Wildman–Crippen MR) is 92.0 cm³/mol. The Morgan fingerprint density at radius 1 is 1.20 bits per heavy atom. The lowest BCUT2D eigenvalue weighted by Crippen LogP contribution is -2.36. The number of ether oxygens (including phenoxy) is 1. The molecule has 1 aromatic carbocycles. The average molecular weight is 357 g/mol. The van der Waals surface area contributed by atoms with Crippen LogP contribution in [0.2, 0.25) is 0 Å². The van der Waals surface area contributed by atoms with Crippen molar-refractivity contribution in [2.24, 2.45) is 5.92 Å². The first kappa shape index (κ1) is 17.5. The number of sulfonamides is 1. The Morgan fingerprint density at radius 2 is 1.96 bits per heavy atom. The Balaban J connectivity index is 1.95. The van der Waals surface area contributed by atoms with Crippen LogP contribution in [0.5, 0.6) is 0 Å². The Kier molecular flexibility index (Phi) is 5.43. The highest BCUT2D eigenvalue weighted by molar-refractivity contribution is 7.89. The minimum atomic E-state index is -3.84. The van der Waals surface area contributed by atoms with Gasteiger partial charge < -0.3 is 4.74 Å². The highest BCUT2D eigenvalue weighted by Gasteiger charge is 2.31. The lowest BCUT2D eigenvalue weighted by atomic mass is 9.88. The van der Waals surface area contributed by atoms with E-state index in [9.17, 15) is 13.7 Å². The van der Waals surface area contributed by atoms with E-state index in [0.717, 1.165) is 18.4 Å². The first-order chi connectivity index (χ1) is 12.1. The zero-order chi connectivity index (χ0) is 17.7. The molecule has 2 heterocycles. The van der Waals surface area contributed by atoms with E-state index >= 15 is 0 Å². The monoisotopic (exact) mass is 357 g/mol. The van der Waals surface area contributed by atoms with Crippen LogP contribution in [0.1, 0.15) is 30.0 Å². The molecule has 1 N–H and O–H groups in total. The smallest absolute Gasteiger partial charge is 0.242 e. The number of nitrogens with zero attached hydrogens (tertiary/aromatic N) is 2. The zero-order valence-electron chi connectivity index (χ0n) is 13.6. The third-order valence-corrected chi connectivity index (χ3v) is 5.86. The van der Waals surface area contributed by atoms with Crippen LogP contribution in [0.25, 0.3) is 0 Å². The third kappa shape index (κ3) is 4.04. The van der Waals surface area contributed by atoms with Gasteiger partial charge in [-0.2, -0.15) is 5.26 Å². The Morgan fingerprint density at radius 3 is 2.64 bits per heavy atom. The van der Waals surface area contributed by atoms with Gasteiger partial charge in [-0.3, -0.25) is 4.98 Å². The minimum Gasteiger partial charge on any atom is -0.381 e. The molecule has 1 fully saturated rings. The number of aromatic nitrogens is 1. The van der Waals surface area contributed by atoms with Crippen LogP contribution < -0.4 is 4.72 Å². The zero-order valence-corrected chi connectivity index (χ0v) is 14.4. The molecule has 3 rings (SSSR count). The standard InChI is InChI=1S/C18H19N3O3S/c19-12-15-4-1-2-6-17(15)25(22,23)21-18(14-7-10-24-11-8-14)16-5-3-9-20-13-16/h1-6,9,13-14,18,21H,7-8,10-11H2/t18-/m0/s1. The lowest BCUT2D eigenvalue weighted by molar-refractivity contribution is 0.0564. The fourth-order valence-electron chi connectivity index (χ4n) is 3.07. The second kappa shape index (κ2) is 7.74. The molecule has 0 unspecified atom stereocenters. The van der Waals surface area contributed by atoms with Crippen molar-refractivity contribution in [1.29, 1.82) is 5.26 Å². The Bertz CT molecular complexity index is 857. The van der Waals surface area contributed by atoms with Gasteiger partial charge in [0.05, 0.1) is 16.5 Å². The van der Waals surface area contributed by atoms with Crippen molar-refractivity contribution in [3.05, 3.63) is 59.9 Å². The molecule has 0 aliphatic carbocycles. The van der Waals surface area contributed by atoms with E-state index in [4.69, 9.17) is 4.74 Å². The lowest BCUT2D eigenvalue weighted by Gasteiger charge is -2.31. The number of benzene rings is 1. The summed E-state index contributed by atoms with van der Waals surface area (Å²) >= 11 is 0. The number of hydrogen-bond donors (Lipinski definition) is 1. The van der Waals surface area contributed by atoms with E-state index in [1.807, 2.05) is 12.1 Å². The summed E-state index contributed by atoms with van der Waals surface area (Å²) < 4.78 is 34.0. The molecular formula is C18H19N3O3S. The fourth-order valence-corrected chi connectivity index (χ4v) is 4.52. The second-order valence-corrected chi connectivity index (χ2v) is 7.63. The van der Waals surface area contributed by atoms with Gasteiger partial charge in [0, 0.05) is 25.6 Å². The summed E-state index contributed by atoms with van der Waals surface area (Å²) in [6.45, 7) is 1.22. The molecule has 1 saturated heterocycles. The molecule has 1 atom stereocenters. The highest BCUT2D eigenvalue weighted by Crippen LogP contribution is 2.31. The van der Waals surface area contributed by atoms with Crippen LogP contribution in [0, 0.1) is 17.2 Å². The van der Waals surface area contributed by atoms with Crippen molar-refractivity contribution in [2.75, 3.05) is 13.2 Å². The maximum Gasteiger partial charge on any atom is 0.242 e. The third-order valence-electron chi connectivity index (χ3n) is 4.36. The Hall–Kier alpha value is -2.27. The van der Waals surface area contributed by atoms with E-state index in [0.29, 0.717) is 13.2 Å². The number of nitriles is 1. The van der Waals surface area contributed by atoms with Gasteiger partial charge >= 0.3 is 0 Å². The maximum absolute atomic E-state index is 12.9. The highest BCUT2D eigenvalue weighted by atomic mass is 32.2. The van der Waals surface area contributed by atoms with Gasteiger partial charge in [0.2, 0.25) is 10.0 Å². The average Bonchev–Trinajstić information content (AvgIpc) is 2.67. The quantitative estimate of drug-likeness (QED) is 0.887. The summed E-state index contributed by atoms with van der Waals surface area (Å²) in [6.07, 6.45) is 4.87. The number of hydrogen-bond acceptors (Lipinski definition) is 5. The number of pyridine rings is 1. The molecule has 2 aromatic rings. The normalized spacial score (nSPS) is 16.9. The largest absolute Gasteiger partial charge is 0.381 e. The van der Waals surface area contributed by atoms with Crippen molar-refractivity contribution >= 4 is 10.0 Å². The van der Waals surface area contributed by atoms with Crippen LogP contribution in [0.15, 0.2) is 53.7 Å². The van der Waals surface area contributed by atoms with Gasteiger partial charge in [-0.15, -0.1) is 0 Å². The fraction of sp³-hybridized carbons (Fsp3) is 0.333. The van der Waals surface area contributed by atoms with Crippen molar-refractivity contribution in [1.82, 2.24) is 9.71 Å². The summed E-state index contributed by atoms with van der Waals surface area (Å²) in [5.74, 6) is 0.113. The molecule has 7 heteroatoms. The van der Waals surface area contributed by atoms with Crippen LogP contribution >= 0.6 is 0 Å². The van der Waals surface area contributed by atoms with Gasteiger partial charge in [-0.25, -0.2) is 13.1 Å². The summed E-state index contributed by atoms with van der Waals surface area (Å²) in [6, 6.07) is 11.4. The van der Waals surface area contributed by atoms with Crippen molar-refractivity contribution in [3.63, 3.8) is 0 Å². The Labute approximate surface area is 147 Å². The van der Waals surface area contributed by atoms with Crippen LogP contribution in [0.4, 0.5) is 0 Å². The molecule has 130 valence electrons. The summed E-state index contributed by atoms with van der Waals surface area (Å²) in [5, 5.41) is 9.21.